The quantitative estimate of drug-likeness (QED) is 0.598. The van der Waals surface area contributed by atoms with Crippen molar-refractivity contribution >= 4 is 23.5 Å². The molecule has 1 aromatic rings. The predicted molar refractivity (Wildman–Crippen MR) is 111 cm³/mol. The highest BCUT2D eigenvalue weighted by Crippen LogP contribution is 2.45. The van der Waals surface area contributed by atoms with E-state index in [1.54, 1.807) is 12.1 Å². The first-order valence-corrected chi connectivity index (χ1v) is 10.9. The van der Waals surface area contributed by atoms with Gasteiger partial charge in [0.05, 0.1) is 0 Å². The fourth-order valence-electron chi connectivity index (χ4n) is 4.21. The number of nitrogens with one attached hydrogen (secondary N) is 1. The van der Waals surface area contributed by atoms with Crippen LogP contribution >= 0.6 is 11.6 Å². The second kappa shape index (κ2) is 8.88. The molecule has 1 saturated carbocycles. The van der Waals surface area contributed by atoms with Gasteiger partial charge in [-0.1, -0.05) is 17.7 Å². The Morgan fingerprint density at radius 2 is 2.07 bits per heavy atom. The highest BCUT2D eigenvalue weighted by molar-refractivity contribution is 6.31. The summed E-state index contributed by atoms with van der Waals surface area (Å²) in [6, 6.07) is 4.96. The molecule has 1 amide bonds. The van der Waals surface area contributed by atoms with Gasteiger partial charge in [0.2, 0.25) is 0 Å². The molecule has 3 unspecified atom stereocenters. The molecule has 0 aromatic heterocycles. The van der Waals surface area contributed by atoms with Crippen LogP contribution in [0.1, 0.15) is 37.7 Å². The molecular weight excluding hydrogens is 395 g/mol. The van der Waals surface area contributed by atoms with Crippen molar-refractivity contribution in [2.45, 2.75) is 44.2 Å². The number of hydrogen-bond donors (Lipinski definition) is 1. The number of nitrogens with zero attached hydrogens (tertiary/aromatic N) is 3. The standard InChI is InChI=1S/C21H28ClFN4O2/c1-2-24-21(25-17-13-14(17)19-15(22)5-3-6-16(19)23)27-10-8-26(9-11-27)20(28)18-7-4-12-29-18/h3,5-6,14,17-18H,2,4,7-13H2,1H3,(H,24,25). The summed E-state index contributed by atoms with van der Waals surface area (Å²) in [6.07, 6.45) is 2.36. The van der Waals surface area contributed by atoms with Crippen molar-refractivity contribution in [1.82, 2.24) is 15.1 Å². The van der Waals surface area contributed by atoms with Crippen molar-refractivity contribution in [3.8, 4) is 0 Å². The van der Waals surface area contributed by atoms with Crippen LogP contribution < -0.4 is 5.32 Å². The van der Waals surface area contributed by atoms with Crippen molar-refractivity contribution in [2.75, 3.05) is 39.3 Å². The number of ether oxygens (including phenoxy) is 1. The maximum atomic E-state index is 14.2. The van der Waals surface area contributed by atoms with Crippen molar-refractivity contribution in [3.63, 3.8) is 0 Å². The van der Waals surface area contributed by atoms with Crippen LogP contribution in [-0.4, -0.2) is 73.1 Å². The van der Waals surface area contributed by atoms with Crippen LogP contribution in [0.15, 0.2) is 23.2 Å². The highest BCUT2D eigenvalue weighted by atomic mass is 35.5. The maximum absolute atomic E-state index is 14.2. The molecule has 3 fully saturated rings. The first-order valence-electron chi connectivity index (χ1n) is 10.5. The van der Waals surface area contributed by atoms with Gasteiger partial charge in [-0.25, -0.2) is 4.39 Å². The van der Waals surface area contributed by atoms with E-state index in [-0.39, 0.29) is 29.8 Å². The Morgan fingerprint density at radius 3 is 2.72 bits per heavy atom. The average molecular weight is 423 g/mol. The molecule has 0 spiro atoms. The Morgan fingerprint density at radius 1 is 1.31 bits per heavy atom. The van der Waals surface area contributed by atoms with Crippen LogP contribution in [0.25, 0.3) is 0 Å². The van der Waals surface area contributed by atoms with Crippen LogP contribution in [0.2, 0.25) is 5.02 Å². The monoisotopic (exact) mass is 422 g/mol. The number of amides is 1. The second-order valence-corrected chi connectivity index (χ2v) is 8.25. The van der Waals surface area contributed by atoms with Crippen molar-refractivity contribution < 1.29 is 13.9 Å². The third-order valence-corrected chi connectivity index (χ3v) is 6.21. The van der Waals surface area contributed by atoms with Gasteiger partial charge in [-0.15, -0.1) is 0 Å². The van der Waals surface area contributed by atoms with Gasteiger partial charge in [0.25, 0.3) is 5.91 Å². The summed E-state index contributed by atoms with van der Waals surface area (Å²) in [5.74, 6) is 0.757. The summed E-state index contributed by atoms with van der Waals surface area (Å²) in [5.41, 5.74) is 0.592. The highest BCUT2D eigenvalue weighted by Gasteiger charge is 2.42. The zero-order chi connectivity index (χ0) is 20.4. The number of aliphatic imine (C=N–C) groups is 1. The van der Waals surface area contributed by atoms with E-state index in [9.17, 15) is 9.18 Å². The van der Waals surface area contributed by atoms with E-state index in [2.05, 4.69) is 15.2 Å². The molecule has 1 aliphatic carbocycles. The van der Waals surface area contributed by atoms with Crippen LogP contribution in [0.4, 0.5) is 4.39 Å². The fraction of sp³-hybridized carbons (Fsp3) is 0.619. The Kier molecular flexibility index (Phi) is 6.25. The Bertz CT molecular complexity index is 756. The van der Waals surface area contributed by atoms with Crippen LogP contribution in [-0.2, 0) is 9.53 Å². The van der Waals surface area contributed by atoms with E-state index >= 15 is 0 Å². The van der Waals surface area contributed by atoms with Gasteiger partial charge in [0, 0.05) is 61.9 Å². The zero-order valence-corrected chi connectivity index (χ0v) is 17.5. The summed E-state index contributed by atoms with van der Waals surface area (Å²) in [5, 5.41) is 3.97. The van der Waals surface area contributed by atoms with E-state index in [4.69, 9.17) is 16.3 Å². The van der Waals surface area contributed by atoms with Crippen LogP contribution in [0.3, 0.4) is 0 Å². The molecule has 6 nitrogen and oxygen atoms in total. The molecule has 0 radical (unpaired) electrons. The van der Waals surface area contributed by atoms with E-state index in [1.165, 1.54) is 6.07 Å². The molecule has 2 saturated heterocycles. The smallest absolute Gasteiger partial charge is 0.251 e. The number of guanidine groups is 1. The minimum absolute atomic E-state index is 0.0631. The lowest BCUT2D eigenvalue weighted by molar-refractivity contribution is -0.142. The van der Waals surface area contributed by atoms with Gasteiger partial charge >= 0.3 is 0 Å². The number of carbonyl (C=O) groups is 1. The summed E-state index contributed by atoms with van der Waals surface area (Å²) in [7, 11) is 0. The molecule has 3 atom stereocenters. The lowest BCUT2D eigenvalue weighted by atomic mass is 10.1. The Labute approximate surface area is 176 Å². The number of piperazine rings is 1. The molecule has 8 heteroatoms. The largest absolute Gasteiger partial charge is 0.368 e. The van der Waals surface area contributed by atoms with Gasteiger partial charge in [-0.3, -0.25) is 9.79 Å². The van der Waals surface area contributed by atoms with E-state index in [0.717, 1.165) is 38.3 Å². The van der Waals surface area contributed by atoms with Crippen molar-refractivity contribution in [1.29, 1.82) is 0 Å². The van der Waals surface area contributed by atoms with Crippen molar-refractivity contribution in [3.05, 3.63) is 34.6 Å². The zero-order valence-electron chi connectivity index (χ0n) is 16.7. The Balaban J connectivity index is 1.34. The van der Waals surface area contributed by atoms with Gasteiger partial charge < -0.3 is 19.9 Å². The summed E-state index contributed by atoms with van der Waals surface area (Å²) < 4.78 is 19.7. The summed E-state index contributed by atoms with van der Waals surface area (Å²) in [4.78, 5) is 21.2. The molecule has 3 aliphatic rings. The molecule has 1 N–H and O–H groups in total. The van der Waals surface area contributed by atoms with E-state index in [0.29, 0.717) is 36.8 Å². The minimum Gasteiger partial charge on any atom is -0.368 e. The molecule has 2 heterocycles. The molecule has 29 heavy (non-hydrogen) atoms. The molecule has 2 aliphatic heterocycles. The second-order valence-electron chi connectivity index (χ2n) is 7.84. The average Bonchev–Trinajstić information content (AvgIpc) is 3.24. The van der Waals surface area contributed by atoms with Gasteiger partial charge in [0.15, 0.2) is 5.96 Å². The molecular formula is C21H28ClFN4O2. The van der Waals surface area contributed by atoms with Gasteiger partial charge in [0.1, 0.15) is 11.9 Å². The minimum atomic E-state index is -0.263. The first kappa shape index (κ1) is 20.4. The first-order chi connectivity index (χ1) is 14.1. The van der Waals surface area contributed by atoms with Crippen LogP contribution in [0.5, 0.6) is 0 Å². The number of halogens is 2. The summed E-state index contributed by atoms with van der Waals surface area (Å²) in [6.45, 7) is 6.12. The molecule has 4 rings (SSSR count). The number of rotatable bonds is 4. The van der Waals surface area contributed by atoms with Crippen molar-refractivity contribution in [2.24, 2.45) is 4.99 Å². The van der Waals surface area contributed by atoms with Gasteiger partial charge in [-0.2, -0.15) is 0 Å². The summed E-state index contributed by atoms with van der Waals surface area (Å²) >= 11 is 6.22. The number of carbonyl (C=O) groups excluding carboxylic acids is 1. The lowest BCUT2D eigenvalue weighted by Gasteiger charge is -2.37. The maximum Gasteiger partial charge on any atom is 0.251 e. The third kappa shape index (κ3) is 4.51. The molecule has 0 bridgehead atoms. The normalized spacial score (nSPS) is 27.3. The lowest BCUT2D eigenvalue weighted by Crippen LogP contribution is -2.55. The fourth-order valence-corrected chi connectivity index (χ4v) is 4.51. The van der Waals surface area contributed by atoms with E-state index < -0.39 is 0 Å². The molecule has 158 valence electrons. The third-order valence-electron chi connectivity index (χ3n) is 5.88. The number of benzene rings is 1. The van der Waals surface area contributed by atoms with Crippen LogP contribution in [0, 0.1) is 5.82 Å². The van der Waals surface area contributed by atoms with E-state index in [1.807, 2.05) is 11.8 Å². The topological polar surface area (TPSA) is 57.2 Å². The number of hydrogen-bond acceptors (Lipinski definition) is 3. The SMILES string of the molecule is CCN=C(NC1CC1c1c(F)cccc1Cl)N1CCN(C(=O)C2CCCO2)CC1. The Hall–Kier alpha value is -1.86. The predicted octanol–water partition coefficient (Wildman–Crippen LogP) is 2.62. The molecule has 1 aromatic carbocycles. The van der Waals surface area contributed by atoms with Gasteiger partial charge in [-0.05, 0) is 38.3 Å².